The van der Waals surface area contributed by atoms with Crippen molar-refractivity contribution >= 4 is 11.6 Å². The van der Waals surface area contributed by atoms with Gasteiger partial charge in [-0.25, -0.2) is 9.97 Å². The fourth-order valence-corrected chi connectivity index (χ4v) is 1.59. The van der Waals surface area contributed by atoms with E-state index < -0.39 is 0 Å². The van der Waals surface area contributed by atoms with E-state index in [4.69, 9.17) is 4.74 Å². The lowest BCUT2D eigenvalue weighted by Gasteiger charge is -2.16. The molecule has 0 aliphatic carbocycles. The first kappa shape index (κ1) is 15.7. The second-order valence-electron chi connectivity index (χ2n) is 4.35. The van der Waals surface area contributed by atoms with Gasteiger partial charge in [-0.1, -0.05) is 13.8 Å². The Morgan fingerprint density at radius 3 is 2.63 bits per heavy atom. The van der Waals surface area contributed by atoms with Crippen LogP contribution in [0.4, 0.5) is 11.6 Å². The molecule has 6 heteroatoms. The monoisotopic (exact) mass is 268 g/mol. The first-order valence-corrected chi connectivity index (χ1v) is 6.71. The van der Waals surface area contributed by atoms with Crippen LogP contribution in [0.1, 0.15) is 32.5 Å². The van der Waals surface area contributed by atoms with E-state index in [1.165, 1.54) is 0 Å². The van der Waals surface area contributed by atoms with Gasteiger partial charge in [0.15, 0.2) is 5.82 Å². The van der Waals surface area contributed by atoms with Crippen molar-refractivity contribution in [2.45, 2.75) is 39.3 Å². The highest BCUT2D eigenvalue weighted by Gasteiger charge is 2.08. The van der Waals surface area contributed by atoms with E-state index in [1.807, 2.05) is 13.0 Å². The zero-order chi connectivity index (χ0) is 14.1. The largest absolute Gasteiger partial charge is 0.394 e. The lowest BCUT2D eigenvalue weighted by atomic mass is 10.2. The Morgan fingerprint density at radius 1 is 1.32 bits per heavy atom. The number of hydrogen-bond acceptors (Lipinski definition) is 6. The molecule has 0 spiro atoms. The second kappa shape index (κ2) is 8.66. The molecule has 0 aromatic carbocycles. The van der Waals surface area contributed by atoms with Crippen LogP contribution in [0.2, 0.25) is 0 Å². The average Bonchev–Trinajstić information content (AvgIpc) is 2.42. The number of nitrogens with zero attached hydrogens (tertiary/aromatic N) is 2. The van der Waals surface area contributed by atoms with E-state index in [0.29, 0.717) is 18.2 Å². The zero-order valence-corrected chi connectivity index (χ0v) is 11.9. The molecule has 0 aliphatic rings. The molecule has 1 aromatic rings. The molecule has 1 unspecified atom stereocenters. The molecule has 1 atom stereocenters. The number of aliphatic hydroxyl groups is 1. The third-order valence-corrected chi connectivity index (χ3v) is 2.67. The van der Waals surface area contributed by atoms with E-state index in [2.05, 4.69) is 27.5 Å². The van der Waals surface area contributed by atoms with Crippen LogP contribution in [0.5, 0.6) is 0 Å². The van der Waals surface area contributed by atoms with Crippen molar-refractivity contribution in [1.82, 2.24) is 9.97 Å². The summed E-state index contributed by atoms with van der Waals surface area (Å²) in [4.78, 5) is 8.74. The predicted molar refractivity (Wildman–Crippen MR) is 76.3 cm³/mol. The summed E-state index contributed by atoms with van der Waals surface area (Å²) in [5.41, 5.74) is 0. The number of rotatable bonds is 9. The lowest BCUT2D eigenvalue weighted by Crippen LogP contribution is -2.23. The van der Waals surface area contributed by atoms with Crippen LogP contribution in [-0.4, -0.2) is 41.4 Å². The van der Waals surface area contributed by atoms with Gasteiger partial charge in [0.25, 0.3) is 0 Å². The standard InChI is InChI=1S/C13H24N4O2/c1-4-6-14-11-7-12(15-10(5-2)8-18)17-13(16-11)9-19-3/h7,10,18H,4-6,8-9H2,1-3H3,(H2,14,15,16,17). The molecular weight excluding hydrogens is 244 g/mol. The number of nitrogens with one attached hydrogen (secondary N) is 2. The Morgan fingerprint density at radius 2 is 2.05 bits per heavy atom. The van der Waals surface area contributed by atoms with Gasteiger partial charge in [0.2, 0.25) is 0 Å². The molecule has 19 heavy (non-hydrogen) atoms. The smallest absolute Gasteiger partial charge is 0.158 e. The van der Waals surface area contributed by atoms with Gasteiger partial charge in [0, 0.05) is 19.7 Å². The zero-order valence-electron chi connectivity index (χ0n) is 11.9. The van der Waals surface area contributed by atoms with E-state index in [0.717, 1.165) is 25.2 Å². The molecule has 1 heterocycles. The lowest BCUT2D eigenvalue weighted by molar-refractivity contribution is 0.178. The first-order chi connectivity index (χ1) is 9.23. The summed E-state index contributed by atoms with van der Waals surface area (Å²) >= 11 is 0. The Balaban J connectivity index is 2.85. The molecule has 1 rings (SSSR count). The van der Waals surface area contributed by atoms with Crippen molar-refractivity contribution in [3.05, 3.63) is 11.9 Å². The van der Waals surface area contributed by atoms with Gasteiger partial charge in [-0.3, -0.25) is 0 Å². The van der Waals surface area contributed by atoms with Crippen LogP contribution in [0.3, 0.4) is 0 Å². The van der Waals surface area contributed by atoms with Crippen molar-refractivity contribution in [1.29, 1.82) is 0 Å². The molecule has 1 aromatic heterocycles. The number of ether oxygens (including phenoxy) is 1. The molecule has 3 N–H and O–H groups in total. The second-order valence-corrected chi connectivity index (χ2v) is 4.35. The minimum atomic E-state index is 0.00400. The number of hydrogen-bond donors (Lipinski definition) is 3. The van der Waals surface area contributed by atoms with Gasteiger partial charge in [0.1, 0.15) is 18.2 Å². The number of methoxy groups -OCH3 is 1. The molecule has 6 nitrogen and oxygen atoms in total. The quantitative estimate of drug-likeness (QED) is 0.631. The predicted octanol–water partition coefficient (Wildman–Crippen LogP) is 1.63. The number of anilines is 2. The van der Waals surface area contributed by atoms with Gasteiger partial charge < -0.3 is 20.5 Å². The highest BCUT2D eigenvalue weighted by molar-refractivity contribution is 5.48. The molecule has 0 saturated heterocycles. The third-order valence-electron chi connectivity index (χ3n) is 2.67. The molecular formula is C13H24N4O2. The molecule has 0 bridgehead atoms. The summed E-state index contributed by atoms with van der Waals surface area (Å²) in [5, 5.41) is 15.7. The van der Waals surface area contributed by atoms with Crippen molar-refractivity contribution in [2.24, 2.45) is 0 Å². The maximum atomic E-state index is 9.22. The van der Waals surface area contributed by atoms with Crippen LogP contribution < -0.4 is 10.6 Å². The summed E-state index contributed by atoms with van der Waals surface area (Å²) in [6.07, 6.45) is 1.86. The highest BCUT2D eigenvalue weighted by atomic mass is 16.5. The topological polar surface area (TPSA) is 79.3 Å². The van der Waals surface area contributed by atoms with Crippen LogP contribution >= 0.6 is 0 Å². The van der Waals surface area contributed by atoms with Gasteiger partial charge in [-0.15, -0.1) is 0 Å². The van der Waals surface area contributed by atoms with Crippen molar-refractivity contribution in [3.63, 3.8) is 0 Å². The third kappa shape index (κ3) is 5.40. The maximum absolute atomic E-state index is 9.22. The van der Waals surface area contributed by atoms with Crippen LogP contribution in [0.15, 0.2) is 6.07 Å². The molecule has 0 fully saturated rings. The highest BCUT2D eigenvalue weighted by Crippen LogP contribution is 2.13. The SMILES string of the molecule is CCCNc1cc(NC(CC)CO)nc(COC)n1. The van der Waals surface area contributed by atoms with E-state index in [9.17, 15) is 5.11 Å². The van der Waals surface area contributed by atoms with E-state index >= 15 is 0 Å². The van der Waals surface area contributed by atoms with E-state index in [1.54, 1.807) is 7.11 Å². The minimum Gasteiger partial charge on any atom is -0.394 e. The Hall–Kier alpha value is -1.40. The number of aromatic nitrogens is 2. The summed E-state index contributed by atoms with van der Waals surface area (Å²) in [5.74, 6) is 2.11. The van der Waals surface area contributed by atoms with Crippen molar-refractivity contribution < 1.29 is 9.84 Å². The molecule has 0 saturated carbocycles. The average molecular weight is 268 g/mol. The van der Waals surface area contributed by atoms with Crippen molar-refractivity contribution in [2.75, 3.05) is 30.9 Å². The summed E-state index contributed by atoms with van der Waals surface area (Å²) < 4.78 is 5.07. The maximum Gasteiger partial charge on any atom is 0.158 e. The first-order valence-electron chi connectivity index (χ1n) is 6.71. The van der Waals surface area contributed by atoms with Crippen molar-refractivity contribution in [3.8, 4) is 0 Å². The summed E-state index contributed by atoms with van der Waals surface area (Å²) in [7, 11) is 1.62. The van der Waals surface area contributed by atoms with Gasteiger partial charge in [-0.05, 0) is 12.8 Å². The molecule has 108 valence electrons. The normalized spacial score (nSPS) is 12.2. The Labute approximate surface area is 114 Å². The molecule has 0 radical (unpaired) electrons. The molecule has 0 aliphatic heterocycles. The Bertz CT molecular complexity index is 370. The minimum absolute atomic E-state index is 0.00400. The van der Waals surface area contributed by atoms with Crippen LogP contribution in [0.25, 0.3) is 0 Å². The van der Waals surface area contributed by atoms with Gasteiger partial charge in [0.05, 0.1) is 12.6 Å². The molecule has 0 amide bonds. The Kier molecular flexibility index (Phi) is 7.14. The summed E-state index contributed by atoms with van der Waals surface area (Å²) in [6, 6.07) is 1.86. The fourth-order valence-electron chi connectivity index (χ4n) is 1.59. The van der Waals surface area contributed by atoms with Gasteiger partial charge in [-0.2, -0.15) is 0 Å². The summed E-state index contributed by atoms with van der Waals surface area (Å²) in [6.45, 7) is 5.42. The van der Waals surface area contributed by atoms with Crippen LogP contribution in [0, 0.1) is 0 Å². The fraction of sp³-hybridized carbons (Fsp3) is 0.692. The van der Waals surface area contributed by atoms with Gasteiger partial charge >= 0.3 is 0 Å². The van der Waals surface area contributed by atoms with Crippen LogP contribution in [-0.2, 0) is 11.3 Å². The van der Waals surface area contributed by atoms with E-state index in [-0.39, 0.29) is 12.6 Å². The number of aliphatic hydroxyl groups excluding tert-OH is 1.